The molecule has 1 heterocycles. The van der Waals surface area contributed by atoms with Crippen molar-refractivity contribution >= 4 is 33.9 Å². The van der Waals surface area contributed by atoms with E-state index in [1.165, 1.54) is 6.07 Å². The predicted octanol–water partition coefficient (Wildman–Crippen LogP) is 2.72. The average Bonchev–Trinajstić information content (AvgIpc) is 2.57. The topological polar surface area (TPSA) is 114 Å². The molecule has 1 aliphatic rings. The summed E-state index contributed by atoms with van der Waals surface area (Å²) in [5, 5.41) is 8.68. The SMILES string of the molecule is Cc1cc(Br)cc2c1OC(C(F)(F)F)C(C(=O)OCOC(=O)CO[N+](=O)[O-])=C2. The summed E-state index contributed by atoms with van der Waals surface area (Å²) < 4.78 is 54.4. The molecule has 1 atom stereocenters. The normalized spacial score (nSPS) is 15.6. The van der Waals surface area contributed by atoms with Crippen LogP contribution in [0.15, 0.2) is 22.2 Å². The second-order valence-electron chi connectivity index (χ2n) is 5.34. The van der Waals surface area contributed by atoms with Crippen molar-refractivity contribution in [3.05, 3.63) is 43.4 Å². The van der Waals surface area contributed by atoms with Gasteiger partial charge in [0, 0.05) is 10.0 Å². The highest BCUT2D eigenvalue weighted by Crippen LogP contribution is 2.40. The van der Waals surface area contributed by atoms with E-state index >= 15 is 0 Å². The largest absolute Gasteiger partial charge is 0.475 e. The maximum atomic E-state index is 13.3. The number of fused-ring (bicyclic) bond motifs is 1. The van der Waals surface area contributed by atoms with Gasteiger partial charge >= 0.3 is 18.1 Å². The van der Waals surface area contributed by atoms with Crippen molar-refractivity contribution in [1.29, 1.82) is 0 Å². The second-order valence-corrected chi connectivity index (χ2v) is 6.26. The molecule has 0 radical (unpaired) electrons. The van der Waals surface area contributed by atoms with Crippen LogP contribution in [0, 0.1) is 17.0 Å². The van der Waals surface area contributed by atoms with Crippen molar-refractivity contribution in [2.75, 3.05) is 13.4 Å². The van der Waals surface area contributed by atoms with E-state index < -0.39 is 48.3 Å². The summed E-state index contributed by atoms with van der Waals surface area (Å²) in [6, 6.07) is 3.01. The molecule has 152 valence electrons. The number of ether oxygens (including phenoxy) is 3. The van der Waals surface area contributed by atoms with Crippen molar-refractivity contribution < 1.29 is 46.9 Å². The van der Waals surface area contributed by atoms with Gasteiger partial charge in [-0.1, -0.05) is 15.9 Å². The Morgan fingerprint density at radius 2 is 2.00 bits per heavy atom. The average molecular weight is 470 g/mol. The Kier molecular flexibility index (Phi) is 6.48. The minimum absolute atomic E-state index is 0.0366. The summed E-state index contributed by atoms with van der Waals surface area (Å²) in [4.78, 5) is 36.8. The molecule has 1 aromatic rings. The fourth-order valence-electron chi connectivity index (χ4n) is 2.24. The number of halogens is 4. The molecule has 0 aromatic heterocycles. The standard InChI is InChI=1S/C15H11BrF3NO8/c1-7-2-9(16)3-8-4-10(13(15(17,18)19)28-12(7)8)14(22)26-6-25-11(21)5-27-20(23)24/h2-4,13H,5-6H2,1H3. The molecular formula is C15H11BrF3NO8. The second kappa shape index (κ2) is 8.46. The molecule has 1 unspecified atom stereocenters. The first-order valence-corrected chi connectivity index (χ1v) is 8.13. The monoisotopic (exact) mass is 469 g/mol. The van der Waals surface area contributed by atoms with Crippen LogP contribution >= 0.6 is 15.9 Å². The summed E-state index contributed by atoms with van der Waals surface area (Å²) in [5.74, 6) is -2.73. The minimum atomic E-state index is -4.92. The fraction of sp³-hybridized carbons (Fsp3) is 0.333. The molecule has 0 fully saturated rings. The van der Waals surface area contributed by atoms with Gasteiger partial charge in [0.2, 0.25) is 12.9 Å². The lowest BCUT2D eigenvalue weighted by Gasteiger charge is -2.28. The highest BCUT2D eigenvalue weighted by atomic mass is 79.9. The van der Waals surface area contributed by atoms with E-state index in [0.717, 1.165) is 6.08 Å². The lowest BCUT2D eigenvalue weighted by molar-refractivity contribution is -0.754. The molecule has 0 spiro atoms. The van der Waals surface area contributed by atoms with Gasteiger partial charge < -0.3 is 19.0 Å². The third kappa shape index (κ3) is 5.34. The summed E-state index contributed by atoms with van der Waals surface area (Å²) in [6.45, 7) is -0.589. The summed E-state index contributed by atoms with van der Waals surface area (Å²) in [6.07, 6.45) is -6.53. The van der Waals surface area contributed by atoms with E-state index in [1.54, 1.807) is 13.0 Å². The van der Waals surface area contributed by atoms with E-state index in [0.29, 0.717) is 10.0 Å². The van der Waals surface area contributed by atoms with Crippen LogP contribution in [-0.2, 0) is 23.9 Å². The van der Waals surface area contributed by atoms with Crippen LogP contribution in [0.4, 0.5) is 13.2 Å². The first-order valence-electron chi connectivity index (χ1n) is 7.34. The number of nitrogens with zero attached hydrogens (tertiary/aromatic N) is 1. The maximum absolute atomic E-state index is 13.3. The van der Waals surface area contributed by atoms with Gasteiger partial charge in [0.25, 0.3) is 5.09 Å². The summed E-state index contributed by atoms with van der Waals surface area (Å²) in [7, 11) is 0. The van der Waals surface area contributed by atoms with Crippen LogP contribution in [0.1, 0.15) is 11.1 Å². The third-order valence-electron chi connectivity index (χ3n) is 3.33. The first-order chi connectivity index (χ1) is 13.0. The molecule has 0 saturated carbocycles. The number of esters is 2. The molecule has 28 heavy (non-hydrogen) atoms. The van der Waals surface area contributed by atoms with E-state index in [9.17, 15) is 32.9 Å². The minimum Gasteiger partial charge on any atom is -0.475 e. The summed E-state index contributed by atoms with van der Waals surface area (Å²) in [5.41, 5.74) is -0.215. The van der Waals surface area contributed by atoms with Gasteiger partial charge in [-0.25, -0.2) is 9.59 Å². The Balaban J connectivity index is 2.15. The van der Waals surface area contributed by atoms with Gasteiger partial charge in [0.05, 0.1) is 5.57 Å². The molecule has 2 rings (SSSR count). The Labute approximate surface area is 163 Å². The smallest absolute Gasteiger partial charge is 0.430 e. The van der Waals surface area contributed by atoms with E-state index in [1.807, 2.05) is 0 Å². The molecule has 0 aliphatic carbocycles. The highest BCUT2D eigenvalue weighted by Gasteiger charge is 2.49. The zero-order valence-electron chi connectivity index (χ0n) is 13.9. The number of aryl methyl sites for hydroxylation is 1. The highest BCUT2D eigenvalue weighted by molar-refractivity contribution is 9.10. The van der Waals surface area contributed by atoms with Crippen molar-refractivity contribution in [3.63, 3.8) is 0 Å². The molecule has 9 nitrogen and oxygen atoms in total. The van der Waals surface area contributed by atoms with Crippen LogP contribution in [0.2, 0.25) is 0 Å². The lowest BCUT2D eigenvalue weighted by Crippen LogP contribution is -2.41. The van der Waals surface area contributed by atoms with Gasteiger partial charge in [0.15, 0.2) is 6.61 Å². The number of benzene rings is 1. The number of rotatable bonds is 6. The Morgan fingerprint density at radius 1 is 1.32 bits per heavy atom. The molecule has 0 saturated heterocycles. The number of carbonyl (C=O) groups is 2. The Hall–Kier alpha value is -2.83. The van der Waals surface area contributed by atoms with Crippen molar-refractivity contribution in [2.24, 2.45) is 0 Å². The van der Waals surface area contributed by atoms with Gasteiger partial charge in [-0.3, -0.25) is 0 Å². The van der Waals surface area contributed by atoms with Gasteiger partial charge in [-0.05, 0) is 30.7 Å². The van der Waals surface area contributed by atoms with Gasteiger partial charge in [-0.2, -0.15) is 13.2 Å². The van der Waals surface area contributed by atoms with Crippen molar-refractivity contribution in [3.8, 4) is 5.75 Å². The quantitative estimate of drug-likeness (QED) is 0.270. The molecular weight excluding hydrogens is 459 g/mol. The summed E-state index contributed by atoms with van der Waals surface area (Å²) >= 11 is 3.20. The van der Waals surface area contributed by atoms with Crippen LogP contribution in [-0.4, -0.2) is 42.7 Å². The van der Waals surface area contributed by atoms with Crippen LogP contribution in [0.5, 0.6) is 5.75 Å². The van der Waals surface area contributed by atoms with E-state index in [2.05, 4.69) is 30.2 Å². The molecule has 1 aliphatic heterocycles. The fourth-order valence-corrected chi connectivity index (χ4v) is 2.83. The molecule has 0 N–H and O–H groups in total. The van der Waals surface area contributed by atoms with Crippen LogP contribution < -0.4 is 4.74 Å². The predicted molar refractivity (Wildman–Crippen MR) is 87.3 cm³/mol. The van der Waals surface area contributed by atoms with Crippen LogP contribution in [0.3, 0.4) is 0 Å². The third-order valence-corrected chi connectivity index (χ3v) is 3.79. The number of alkyl halides is 3. The molecule has 1 aromatic carbocycles. The number of carbonyl (C=O) groups excluding carboxylic acids is 2. The molecule has 13 heteroatoms. The Morgan fingerprint density at radius 3 is 2.61 bits per heavy atom. The van der Waals surface area contributed by atoms with E-state index in [4.69, 9.17) is 4.74 Å². The zero-order valence-corrected chi connectivity index (χ0v) is 15.5. The van der Waals surface area contributed by atoms with Gasteiger partial charge in [0.1, 0.15) is 5.75 Å². The lowest BCUT2D eigenvalue weighted by atomic mass is 9.99. The number of hydrogen-bond donors (Lipinski definition) is 0. The Bertz CT molecular complexity index is 839. The van der Waals surface area contributed by atoms with Crippen molar-refractivity contribution in [1.82, 2.24) is 0 Å². The van der Waals surface area contributed by atoms with Crippen molar-refractivity contribution in [2.45, 2.75) is 19.2 Å². The number of hydrogen-bond acceptors (Lipinski definition) is 8. The first kappa shape index (κ1) is 21.5. The van der Waals surface area contributed by atoms with Gasteiger partial charge in [-0.15, -0.1) is 10.1 Å². The maximum Gasteiger partial charge on any atom is 0.430 e. The van der Waals surface area contributed by atoms with E-state index in [-0.39, 0.29) is 11.3 Å². The zero-order chi connectivity index (χ0) is 21.1. The molecule has 0 bridgehead atoms. The van der Waals surface area contributed by atoms with Crippen LogP contribution in [0.25, 0.3) is 6.08 Å². The molecule has 0 amide bonds.